The van der Waals surface area contributed by atoms with Crippen LogP contribution < -0.4 is 10.2 Å². The standard InChI is InChI=1S/C35H48N6O6S/c1-20(2)30(28-16-29(38-47-28)39-13-14-40(21(3)17-39)34(45)46-35(6,7)8)33(44)41-18-26(42)15-27(41)32(43)37-22(4)24-9-11-25(12-10-24)31-23(5)36-19-48-31/h9-12,16,19-22,26-27,30,42H,13-15,17-18H2,1-8H3,(H,37,43)/t21-,22+,26-,27+,30?/m1/s1. The summed E-state index contributed by atoms with van der Waals surface area (Å²) in [4.78, 5) is 51.1. The number of aromatic nitrogens is 2. The first-order valence-corrected chi connectivity index (χ1v) is 17.5. The summed E-state index contributed by atoms with van der Waals surface area (Å²) in [6.07, 6.45) is -1.01. The molecule has 0 bridgehead atoms. The summed E-state index contributed by atoms with van der Waals surface area (Å²) in [6, 6.07) is 8.55. The number of benzene rings is 1. The van der Waals surface area contributed by atoms with Gasteiger partial charge >= 0.3 is 6.09 Å². The molecule has 2 fully saturated rings. The van der Waals surface area contributed by atoms with Crippen LogP contribution in [0.5, 0.6) is 0 Å². The molecule has 1 aromatic carbocycles. The van der Waals surface area contributed by atoms with Crippen LogP contribution in [0.25, 0.3) is 10.4 Å². The molecule has 5 rings (SSSR count). The number of β-amino-alcohol motifs (C(OH)–C–C–N with tert-alkyl or cyclic N) is 1. The van der Waals surface area contributed by atoms with Gasteiger partial charge in [-0.15, -0.1) is 11.3 Å². The fourth-order valence-corrected chi connectivity index (χ4v) is 7.26. The molecule has 2 saturated heterocycles. The average Bonchev–Trinajstić information content (AvgIpc) is 3.76. The van der Waals surface area contributed by atoms with E-state index < -0.39 is 23.7 Å². The van der Waals surface area contributed by atoms with Crippen LogP contribution in [0.1, 0.15) is 83.9 Å². The van der Waals surface area contributed by atoms with Crippen LogP contribution in [-0.4, -0.2) is 92.9 Å². The van der Waals surface area contributed by atoms with E-state index in [1.807, 2.05) is 90.1 Å². The number of piperazine rings is 1. The molecule has 2 aliphatic rings. The second-order valence-electron chi connectivity index (χ2n) is 14.3. The number of ether oxygens (including phenoxy) is 1. The topological polar surface area (TPSA) is 141 Å². The molecule has 0 saturated carbocycles. The third-order valence-corrected chi connectivity index (χ3v) is 9.95. The number of carbonyl (C=O) groups excluding carboxylic acids is 3. The Hall–Kier alpha value is -3.97. The van der Waals surface area contributed by atoms with Gasteiger partial charge in [0.2, 0.25) is 11.8 Å². The van der Waals surface area contributed by atoms with Gasteiger partial charge in [0.15, 0.2) is 11.6 Å². The van der Waals surface area contributed by atoms with Gasteiger partial charge in [0.1, 0.15) is 17.6 Å². The molecule has 2 aliphatic heterocycles. The normalized spacial score (nSPS) is 21.4. The van der Waals surface area contributed by atoms with E-state index in [0.717, 1.165) is 21.7 Å². The molecule has 0 radical (unpaired) electrons. The van der Waals surface area contributed by atoms with E-state index in [1.165, 1.54) is 4.90 Å². The summed E-state index contributed by atoms with van der Waals surface area (Å²) < 4.78 is 11.3. The summed E-state index contributed by atoms with van der Waals surface area (Å²) in [6.45, 7) is 16.8. The fourth-order valence-electron chi connectivity index (χ4n) is 6.45. The number of hydrogen-bond acceptors (Lipinski definition) is 10. The average molecular weight is 681 g/mol. The highest BCUT2D eigenvalue weighted by Gasteiger charge is 2.44. The maximum absolute atomic E-state index is 14.1. The highest BCUT2D eigenvalue weighted by atomic mass is 32.1. The highest BCUT2D eigenvalue weighted by molar-refractivity contribution is 7.13. The molecular weight excluding hydrogens is 632 g/mol. The molecule has 260 valence electrons. The summed E-state index contributed by atoms with van der Waals surface area (Å²) in [5.41, 5.74) is 4.23. The lowest BCUT2D eigenvalue weighted by Gasteiger charge is -2.40. The molecule has 0 aliphatic carbocycles. The van der Waals surface area contributed by atoms with Gasteiger partial charge in [0.25, 0.3) is 0 Å². The molecule has 1 unspecified atom stereocenters. The van der Waals surface area contributed by atoms with Crippen molar-refractivity contribution in [1.29, 1.82) is 0 Å². The smallest absolute Gasteiger partial charge is 0.410 e. The minimum Gasteiger partial charge on any atom is -0.444 e. The Bertz CT molecular complexity index is 1600. The monoisotopic (exact) mass is 680 g/mol. The van der Waals surface area contributed by atoms with Gasteiger partial charge in [0.05, 0.1) is 28.2 Å². The number of hydrogen-bond donors (Lipinski definition) is 2. The van der Waals surface area contributed by atoms with Crippen LogP contribution in [-0.2, 0) is 14.3 Å². The number of carbonyl (C=O) groups is 3. The molecule has 13 heteroatoms. The molecule has 4 heterocycles. The van der Waals surface area contributed by atoms with E-state index in [9.17, 15) is 19.5 Å². The fraction of sp³-hybridized carbons (Fsp3) is 0.571. The molecule has 12 nitrogen and oxygen atoms in total. The van der Waals surface area contributed by atoms with E-state index in [1.54, 1.807) is 22.3 Å². The van der Waals surface area contributed by atoms with Gasteiger partial charge in [-0.05, 0) is 58.6 Å². The molecule has 0 spiro atoms. The number of aliphatic hydroxyl groups excluding tert-OH is 1. The van der Waals surface area contributed by atoms with Crippen LogP contribution in [0.2, 0.25) is 0 Å². The Morgan fingerprint density at radius 2 is 1.79 bits per heavy atom. The van der Waals surface area contributed by atoms with Gasteiger partial charge in [-0.1, -0.05) is 43.3 Å². The second-order valence-corrected chi connectivity index (χ2v) is 15.1. The molecule has 3 amide bonds. The third kappa shape index (κ3) is 7.84. The summed E-state index contributed by atoms with van der Waals surface area (Å²) >= 11 is 1.59. The second kappa shape index (κ2) is 14.3. The quantitative estimate of drug-likeness (QED) is 0.331. The van der Waals surface area contributed by atoms with Crippen molar-refractivity contribution < 1.29 is 28.8 Å². The molecule has 2 aromatic heterocycles. The van der Waals surface area contributed by atoms with Crippen LogP contribution in [0, 0.1) is 12.8 Å². The predicted octanol–water partition coefficient (Wildman–Crippen LogP) is 5.13. The van der Waals surface area contributed by atoms with Gasteiger partial charge in [-0.25, -0.2) is 9.78 Å². The number of rotatable bonds is 8. The lowest BCUT2D eigenvalue weighted by Crippen LogP contribution is -2.55. The maximum atomic E-state index is 14.1. The van der Waals surface area contributed by atoms with Gasteiger partial charge in [0, 0.05) is 44.7 Å². The molecule has 48 heavy (non-hydrogen) atoms. The van der Waals surface area contributed by atoms with Crippen LogP contribution in [0.4, 0.5) is 10.6 Å². The highest BCUT2D eigenvalue weighted by Crippen LogP contribution is 2.34. The molecule has 3 aromatic rings. The minimum absolute atomic E-state index is 0.0581. The van der Waals surface area contributed by atoms with Crippen molar-refractivity contribution in [3.05, 3.63) is 52.9 Å². The number of nitrogens with one attached hydrogen (secondary N) is 1. The Morgan fingerprint density at radius 3 is 2.40 bits per heavy atom. The predicted molar refractivity (Wildman–Crippen MR) is 184 cm³/mol. The molecule has 5 atom stereocenters. The van der Waals surface area contributed by atoms with E-state index in [-0.39, 0.29) is 48.9 Å². The SMILES string of the molecule is Cc1ncsc1-c1ccc([C@H](C)NC(=O)[C@@H]2C[C@@H](O)CN2C(=O)C(c2cc(N3CCN(C(=O)OC(C)(C)C)[C@H](C)C3)no2)C(C)C)cc1. The summed E-state index contributed by atoms with van der Waals surface area (Å²) in [7, 11) is 0. The first-order valence-electron chi connectivity index (χ1n) is 16.6. The zero-order chi connectivity index (χ0) is 34.9. The Labute approximate surface area is 286 Å². The number of aryl methyl sites for hydroxylation is 1. The number of amides is 3. The summed E-state index contributed by atoms with van der Waals surface area (Å²) in [5.74, 6) is -0.482. The van der Waals surface area contributed by atoms with E-state index in [4.69, 9.17) is 9.26 Å². The minimum atomic E-state index is -0.820. The first-order chi connectivity index (χ1) is 22.6. The van der Waals surface area contributed by atoms with Crippen molar-refractivity contribution in [2.45, 2.75) is 97.6 Å². The van der Waals surface area contributed by atoms with Gasteiger partial charge in [-0.2, -0.15) is 0 Å². The number of thiazole rings is 1. The van der Waals surface area contributed by atoms with E-state index >= 15 is 0 Å². The molecular formula is C35H48N6O6S. The summed E-state index contributed by atoms with van der Waals surface area (Å²) in [5, 5.41) is 18.0. The first kappa shape index (κ1) is 35.3. The number of likely N-dealkylation sites (tertiary alicyclic amines) is 1. The third-order valence-electron chi connectivity index (χ3n) is 8.98. The van der Waals surface area contributed by atoms with Crippen LogP contribution in [0.3, 0.4) is 0 Å². The van der Waals surface area contributed by atoms with E-state index in [0.29, 0.717) is 31.2 Å². The van der Waals surface area contributed by atoms with Crippen molar-refractivity contribution in [3.63, 3.8) is 0 Å². The Kier molecular flexibility index (Phi) is 10.5. The lowest BCUT2D eigenvalue weighted by molar-refractivity contribution is -0.141. The maximum Gasteiger partial charge on any atom is 0.410 e. The lowest BCUT2D eigenvalue weighted by atomic mass is 9.91. The van der Waals surface area contributed by atoms with Crippen molar-refractivity contribution in [3.8, 4) is 10.4 Å². The Balaban J connectivity index is 1.25. The zero-order valence-corrected chi connectivity index (χ0v) is 29.9. The largest absolute Gasteiger partial charge is 0.444 e. The van der Waals surface area contributed by atoms with Gasteiger partial charge < -0.3 is 34.4 Å². The van der Waals surface area contributed by atoms with Crippen molar-refractivity contribution in [2.75, 3.05) is 31.1 Å². The molecule has 2 N–H and O–H groups in total. The zero-order valence-electron chi connectivity index (χ0n) is 29.1. The van der Waals surface area contributed by atoms with Crippen LogP contribution >= 0.6 is 11.3 Å². The van der Waals surface area contributed by atoms with Crippen LogP contribution in [0.15, 0.2) is 40.4 Å². The number of anilines is 1. The van der Waals surface area contributed by atoms with Crippen molar-refractivity contribution >= 4 is 35.1 Å². The van der Waals surface area contributed by atoms with E-state index in [2.05, 4.69) is 15.5 Å². The Morgan fingerprint density at radius 1 is 1.08 bits per heavy atom. The number of nitrogens with zero attached hydrogens (tertiary/aromatic N) is 5. The van der Waals surface area contributed by atoms with Crippen molar-refractivity contribution in [2.24, 2.45) is 5.92 Å². The van der Waals surface area contributed by atoms with Crippen molar-refractivity contribution in [1.82, 2.24) is 25.3 Å². The van der Waals surface area contributed by atoms with Gasteiger partial charge in [-0.3, -0.25) is 9.59 Å². The number of aliphatic hydroxyl groups is 1.